The van der Waals surface area contributed by atoms with Crippen LogP contribution in [0.1, 0.15) is 22.4 Å². The summed E-state index contributed by atoms with van der Waals surface area (Å²) in [6.07, 6.45) is 4.09. The standard InChI is InChI=1S/C37H47N7O6/c38-35(36(45)40-16-18-46-20-22-48-24-26-50-27-25-49-23-21-47-19-17-42-43-39)28-34-29-44(30-41-34)37(31-10-4-1-5-11-31,32-12-6-2-7-13-32)33-14-8-3-9-15-33/h1-15,29-30,35H,16-28,38H2,(H,40,45). The molecule has 4 aromatic rings. The van der Waals surface area contributed by atoms with Crippen LogP contribution in [0.2, 0.25) is 0 Å². The molecule has 1 atom stereocenters. The molecule has 0 saturated carbocycles. The molecule has 1 heterocycles. The van der Waals surface area contributed by atoms with Crippen LogP contribution in [0, 0.1) is 0 Å². The molecule has 0 bridgehead atoms. The molecule has 0 aliphatic rings. The maximum absolute atomic E-state index is 12.8. The number of carbonyl (C=O) groups excluding carboxylic acids is 1. The second-order valence-corrected chi connectivity index (χ2v) is 11.2. The van der Waals surface area contributed by atoms with Gasteiger partial charge in [0.1, 0.15) is 5.54 Å². The summed E-state index contributed by atoms with van der Waals surface area (Å²) in [6.45, 7) is 4.87. The number of rotatable bonds is 25. The summed E-state index contributed by atoms with van der Waals surface area (Å²) < 4.78 is 29.3. The number of amides is 1. The molecule has 1 unspecified atom stereocenters. The number of hydrogen-bond acceptors (Lipinski definition) is 9. The van der Waals surface area contributed by atoms with E-state index >= 15 is 0 Å². The van der Waals surface area contributed by atoms with Crippen molar-refractivity contribution in [2.24, 2.45) is 10.8 Å². The number of nitrogens with zero attached hydrogens (tertiary/aromatic N) is 5. The molecule has 0 aliphatic heterocycles. The van der Waals surface area contributed by atoms with Gasteiger partial charge in [0.25, 0.3) is 0 Å². The van der Waals surface area contributed by atoms with Crippen molar-refractivity contribution < 1.29 is 28.5 Å². The fraction of sp³-hybridized carbons (Fsp3) is 0.405. The van der Waals surface area contributed by atoms with Gasteiger partial charge in [0.2, 0.25) is 5.91 Å². The lowest BCUT2D eigenvalue weighted by atomic mass is 9.77. The molecule has 13 nitrogen and oxygen atoms in total. The minimum Gasteiger partial charge on any atom is -0.379 e. The van der Waals surface area contributed by atoms with E-state index in [9.17, 15) is 4.79 Å². The summed E-state index contributed by atoms with van der Waals surface area (Å²) in [4.78, 5) is 20.2. The number of nitrogens with two attached hydrogens (primary N) is 1. The quantitative estimate of drug-likeness (QED) is 0.0346. The monoisotopic (exact) mass is 685 g/mol. The third kappa shape index (κ3) is 11.8. The zero-order valence-corrected chi connectivity index (χ0v) is 28.3. The lowest BCUT2D eigenvalue weighted by molar-refractivity contribution is -0.122. The lowest BCUT2D eigenvalue weighted by Gasteiger charge is -2.37. The summed E-state index contributed by atoms with van der Waals surface area (Å²) in [5, 5.41) is 6.23. The van der Waals surface area contributed by atoms with E-state index in [4.69, 9.17) is 39.9 Å². The number of imidazole rings is 1. The lowest BCUT2D eigenvalue weighted by Crippen LogP contribution is -2.43. The van der Waals surface area contributed by atoms with E-state index in [1.54, 1.807) is 0 Å². The summed E-state index contributed by atoms with van der Waals surface area (Å²) in [5.74, 6) is -0.265. The Morgan fingerprint density at radius 2 is 1.18 bits per heavy atom. The summed E-state index contributed by atoms with van der Waals surface area (Å²) in [5.41, 5.74) is 17.8. The number of carbonyl (C=O) groups is 1. The van der Waals surface area contributed by atoms with Crippen LogP contribution < -0.4 is 11.1 Å². The van der Waals surface area contributed by atoms with Crippen LogP contribution in [0.15, 0.2) is 109 Å². The fourth-order valence-corrected chi connectivity index (χ4v) is 5.47. The highest BCUT2D eigenvalue weighted by Crippen LogP contribution is 2.40. The zero-order chi connectivity index (χ0) is 35.1. The van der Waals surface area contributed by atoms with Crippen LogP contribution in [-0.2, 0) is 40.4 Å². The molecule has 50 heavy (non-hydrogen) atoms. The van der Waals surface area contributed by atoms with Crippen LogP contribution in [0.25, 0.3) is 10.4 Å². The molecule has 266 valence electrons. The van der Waals surface area contributed by atoms with Crippen LogP contribution in [0.3, 0.4) is 0 Å². The molecule has 3 N–H and O–H groups in total. The Morgan fingerprint density at radius 1 is 0.740 bits per heavy atom. The SMILES string of the molecule is [N-]=[N+]=NCCOCCOCCOCCOCCOCCNC(=O)C(N)Cc1cn(C(c2ccccc2)(c2ccccc2)c2ccccc2)cn1. The number of benzene rings is 3. The number of nitrogens with one attached hydrogen (secondary N) is 1. The topological polar surface area (TPSA) is 168 Å². The van der Waals surface area contributed by atoms with Gasteiger partial charge in [-0.25, -0.2) is 4.98 Å². The van der Waals surface area contributed by atoms with Gasteiger partial charge >= 0.3 is 0 Å². The smallest absolute Gasteiger partial charge is 0.237 e. The predicted octanol–water partition coefficient (Wildman–Crippen LogP) is 4.10. The largest absolute Gasteiger partial charge is 0.379 e. The minimum absolute atomic E-state index is 0.265. The Balaban J connectivity index is 1.15. The normalized spacial score (nSPS) is 11.9. The van der Waals surface area contributed by atoms with E-state index in [1.165, 1.54) is 0 Å². The van der Waals surface area contributed by atoms with E-state index in [2.05, 4.69) is 56.3 Å². The molecule has 0 fully saturated rings. The molecule has 0 saturated heterocycles. The molecular weight excluding hydrogens is 638 g/mol. The molecule has 1 aromatic heterocycles. The van der Waals surface area contributed by atoms with Crippen molar-refractivity contribution in [3.8, 4) is 0 Å². The Morgan fingerprint density at radius 3 is 1.64 bits per heavy atom. The molecule has 4 rings (SSSR count). The Bertz CT molecular complexity index is 1460. The van der Waals surface area contributed by atoms with Crippen molar-refractivity contribution in [2.45, 2.75) is 18.0 Å². The van der Waals surface area contributed by atoms with Crippen LogP contribution in [0.5, 0.6) is 0 Å². The van der Waals surface area contributed by atoms with Crippen LogP contribution in [-0.4, -0.2) is 101 Å². The molecule has 3 aromatic carbocycles. The van der Waals surface area contributed by atoms with Crippen molar-refractivity contribution in [2.75, 3.05) is 79.2 Å². The van der Waals surface area contributed by atoms with Gasteiger partial charge in [-0.3, -0.25) is 4.79 Å². The first-order chi connectivity index (χ1) is 24.7. The summed E-state index contributed by atoms with van der Waals surface area (Å²) in [6, 6.07) is 30.3. The van der Waals surface area contributed by atoms with Gasteiger partial charge in [-0.2, -0.15) is 0 Å². The number of aromatic nitrogens is 2. The van der Waals surface area contributed by atoms with E-state index in [0.29, 0.717) is 79.2 Å². The average molecular weight is 686 g/mol. The van der Waals surface area contributed by atoms with Crippen molar-refractivity contribution >= 4 is 5.91 Å². The van der Waals surface area contributed by atoms with E-state index < -0.39 is 11.6 Å². The predicted molar refractivity (Wildman–Crippen MR) is 190 cm³/mol. The first kappa shape index (κ1) is 38.2. The van der Waals surface area contributed by atoms with Gasteiger partial charge in [-0.15, -0.1) is 0 Å². The highest BCUT2D eigenvalue weighted by molar-refractivity contribution is 5.81. The third-order valence-corrected chi connectivity index (χ3v) is 7.80. The Hall–Kier alpha value is -4.59. The number of ether oxygens (including phenoxy) is 5. The molecule has 0 aliphatic carbocycles. The summed E-state index contributed by atoms with van der Waals surface area (Å²) in [7, 11) is 0. The average Bonchev–Trinajstić information content (AvgIpc) is 3.62. The number of hydrogen-bond donors (Lipinski definition) is 2. The van der Waals surface area contributed by atoms with Gasteiger partial charge in [-0.05, 0) is 22.2 Å². The minimum atomic E-state index is -0.768. The second-order valence-electron chi connectivity index (χ2n) is 11.2. The van der Waals surface area contributed by atoms with Crippen LogP contribution in [0.4, 0.5) is 0 Å². The first-order valence-corrected chi connectivity index (χ1v) is 16.8. The van der Waals surface area contributed by atoms with Gasteiger partial charge in [0, 0.05) is 30.6 Å². The number of azide groups is 1. The first-order valence-electron chi connectivity index (χ1n) is 16.8. The van der Waals surface area contributed by atoms with E-state index in [0.717, 1.165) is 22.4 Å². The fourth-order valence-electron chi connectivity index (χ4n) is 5.47. The highest BCUT2D eigenvalue weighted by atomic mass is 16.6. The van der Waals surface area contributed by atoms with Crippen LogP contribution >= 0.6 is 0 Å². The third-order valence-electron chi connectivity index (χ3n) is 7.80. The second kappa shape index (κ2) is 22.2. The highest BCUT2D eigenvalue weighted by Gasteiger charge is 2.38. The van der Waals surface area contributed by atoms with Gasteiger partial charge in [0.05, 0.1) is 84.1 Å². The molecule has 1 amide bonds. The zero-order valence-electron chi connectivity index (χ0n) is 28.3. The molecular formula is C37H47N7O6. The maximum atomic E-state index is 12.8. The van der Waals surface area contributed by atoms with Crippen molar-refractivity contribution in [3.05, 3.63) is 136 Å². The van der Waals surface area contributed by atoms with Gasteiger partial charge < -0.3 is 39.3 Å². The molecule has 13 heteroatoms. The van der Waals surface area contributed by atoms with E-state index in [1.807, 2.05) is 67.1 Å². The van der Waals surface area contributed by atoms with Gasteiger partial charge in [0.15, 0.2) is 0 Å². The van der Waals surface area contributed by atoms with Crippen molar-refractivity contribution in [1.82, 2.24) is 14.9 Å². The summed E-state index contributed by atoms with van der Waals surface area (Å²) >= 11 is 0. The Kier molecular flexibility index (Phi) is 17.0. The molecule has 0 radical (unpaired) electrons. The maximum Gasteiger partial charge on any atom is 0.237 e. The van der Waals surface area contributed by atoms with Gasteiger partial charge in [-0.1, -0.05) is 96.1 Å². The molecule has 0 spiro atoms. The Labute approximate surface area is 293 Å². The van der Waals surface area contributed by atoms with Crippen molar-refractivity contribution in [3.63, 3.8) is 0 Å². The van der Waals surface area contributed by atoms with E-state index in [-0.39, 0.29) is 12.3 Å². The van der Waals surface area contributed by atoms with Crippen molar-refractivity contribution in [1.29, 1.82) is 0 Å².